The number of hydrogen-bond donors (Lipinski definition) is 1. The van der Waals surface area contributed by atoms with Crippen LogP contribution >= 0.6 is 0 Å². The molecule has 1 saturated heterocycles. The number of rotatable bonds is 3. The average molecular weight is 213 g/mol. The Bertz CT molecular complexity index is 279. The van der Waals surface area contributed by atoms with Crippen LogP contribution in [0.1, 0.15) is 26.2 Å². The van der Waals surface area contributed by atoms with E-state index in [4.69, 9.17) is 5.11 Å². The van der Waals surface area contributed by atoms with Crippen molar-refractivity contribution in [2.75, 3.05) is 13.1 Å². The maximum absolute atomic E-state index is 11.4. The summed E-state index contributed by atoms with van der Waals surface area (Å²) < 4.78 is 0. The van der Waals surface area contributed by atoms with Gasteiger partial charge in [-0.15, -0.1) is 0 Å². The summed E-state index contributed by atoms with van der Waals surface area (Å²) in [6.07, 6.45) is 0.899. The number of nitrogens with zero attached hydrogens (tertiary/aromatic N) is 1. The molecule has 0 aliphatic carbocycles. The zero-order chi connectivity index (χ0) is 11.4. The highest BCUT2D eigenvalue weighted by Crippen LogP contribution is 2.17. The van der Waals surface area contributed by atoms with Gasteiger partial charge >= 0.3 is 5.97 Å². The topological polar surface area (TPSA) is 74.7 Å². The Kier molecular flexibility index (Phi) is 3.82. The van der Waals surface area contributed by atoms with Gasteiger partial charge in [-0.1, -0.05) is 0 Å². The van der Waals surface area contributed by atoms with Gasteiger partial charge in [-0.3, -0.25) is 14.4 Å². The lowest BCUT2D eigenvalue weighted by atomic mass is 9.97. The molecular weight excluding hydrogens is 198 g/mol. The van der Waals surface area contributed by atoms with E-state index >= 15 is 0 Å². The van der Waals surface area contributed by atoms with Crippen LogP contribution in [0.5, 0.6) is 0 Å². The number of carbonyl (C=O) groups excluding carboxylic acids is 2. The van der Waals surface area contributed by atoms with Crippen molar-refractivity contribution in [3.8, 4) is 0 Å². The van der Waals surface area contributed by atoms with Crippen molar-refractivity contribution in [2.45, 2.75) is 26.2 Å². The number of piperidine rings is 1. The first-order valence-electron chi connectivity index (χ1n) is 5.00. The van der Waals surface area contributed by atoms with Crippen molar-refractivity contribution in [3.63, 3.8) is 0 Å². The first-order valence-corrected chi connectivity index (χ1v) is 5.00. The van der Waals surface area contributed by atoms with Crippen molar-refractivity contribution in [1.82, 2.24) is 4.90 Å². The quantitative estimate of drug-likeness (QED) is 0.684. The van der Waals surface area contributed by atoms with Crippen LogP contribution in [0.4, 0.5) is 0 Å². The molecule has 1 heterocycles. The lowest BCUT2D eigenvalue weighted by molar-refractivity contribution is -0.146. The van der Waals surface area contributed by atoms with Crippen LogP contribution in [0.3, 0.4) is 0 Å². The fraction of sp³-hybridized carbons (Fsp3) is 0.700. The number of Topliss-reactive ketones (excluding diaryl/α,β-unsaturated/α-hetero) is 1. The summed E-state index contributed by atoms with van der Waals surface area (Å²) in [5, 5.41) is 8.75. The number of likely N-dealkylation sites (tertiary alicyclic amines) is 1. The molecule has 1 aliphatic rings. The molecule has 0 aromatic heterocycles. The van der Waals surface area contributed by atoms with Crippen molar-refractivity contribution < 1.29 is 19.5 Å². The fourth-order valence-corrected chi connectivity index (χ4v) is 1.70. The molecule has 1 fully saturated rings. The summed E-state index contributed by atoms with van der Waals surface area (Å²) in [5.41, 5.74) is 0. The predicted molar refractivity (Wildman–Crippen MR) is 52.2 cm³/mol. The predicted octanol–water partition coefficient (Wildman–Crippen LogP) is 0.289. The van der Waals surface area contributed by atoms with E-state index in [1.54, 1.807) is 4.90 Å². The SMILES string of the molecule is CC(=O)CC(=O)N1CCC(C(=O)O)CC1. The van der Waals surface area contributed by atoms with Gasteiger partial charge in [0.2, 0.25) is 5.91 Å². The van der Waals surface area contributed by atoms with Gasteiger partial charge < -0.3 is 10.0 Å². The summed E-state index contributed by atoms with van der Waals surface area (Å²) in [6, 6.07) is 0. The van der Waals surface area contributed by atoms with Crippen molar-refractivity contribution in [2.24, 2.45) is 5.92 Å². The molecule has 5 heteroatoms. The maximum atomic E-state index is 11.4. The molecule has 0 spiro atoms. The molecule has 0 bridgehead atoms. The van der Waals surface area contributed by atoms with E-state index < -0.39 is 5.97 Å². The number of aliphatic carboxylic acids is 1. The molecule has 0 atom stereocenters. The number of amides is 1. The lowest BCUT2D eigenvalue weighted by Gasteiger charge is -2.29. The third kappa shape index (κ3) is 3.34. The van der Waals surface area contributed by atoms with Gasteiger partial charge in [0, 0.05) is 13.1 Å². The lowest BCUT2D eigenvalue weighted by Crippen LogP contribution is -2.40. The van der Waals surface area contributed by atoms with Gasteiger partial charge in [-0.05, 0) is 19.8 Å². The van der Waals surface area contributed by atoms with Gasteiger partial charge in [0.05, 0.1) is 12.3 Å². The van der Waals surface area contributed by atoms with E-state index in [1.807, 2.05) is 0 Å². The summed E-state index contributed by atoms with van der Waals surface area (Å²) in [4.78, 5) is 34.4. The summed E-state index contributed by atoms with van der Waals surface area (Å²) in [6.45, 7) is 2.27. The van der Waals surface area contributed by atoms with E-state index in [2.05, 4.69) is 0 Å². The molecule has 0 aromatic rings. The molecule has 15 heavy (non-hydrogen) atoms. The molecule has 84 valence electrons. The third-order valence-corrected chi connectivity index (χ3v) is 2.60. The van der Waals surface area contributed by atoms with Crippen LogP contribution in [0.25, 0.3) is 0 Å². The zero-order valence-corrected chi connectivity index (χ0v) is 8.73. The minimum absolute atomic E-state index is 0.0717. The molecule has 1 rings (SSSR count). The van der Waals surface area contributed by atoms with E-state index in [0.29, 0.717) is 25.9 Å². The summed E-state index contributed by atoms with van der Waals surface area (Å²) >= 11 is 0. The Hall–Kier alpha value is -1.39. The minimum Gasteiger partial charge on any atom is -0.481 e. The van der Waals surface area contributed by atoms with Crippen LogP contribution in [0.2, 0.25) is 0 Å². The molecule has 0 radical (unpaired) electrons. The van der Waals surface area contributed by atoms with E-state index in [1.165, 1.54) is 6.92 Å². The monoisotopic (exact) mass is 213 g/mol. The highest BCUT2D eigenvalue weighted by molar-refractivity contribution is 5.96. The normalized spacial score (nSPS) is 17.5. The Labute approximate surface area is 88.1 Å². The maximum Gasteiger partial charge on any atom is 0.306 e. The Morgan fingerprint density at radius 2 is 1.80 bits per heavy atom. The van der Waals surface area contributed by atoms with Gasteiger partial charge in [0.15, 0.2) is 0 Å². The number of hydrogen-bond acceptors (Lipinski definition) is 3. The minimum atomic E-state index is -0.798. The number of carbonyl (C=O) groups is 3. The van der Waals surface area contributed by atoms with Crippen LogP contribution < -0.4 is 0 Å². The second-order valence-corrected chi connectivity index (χ2v) is 3.87. The van der Waals surface area contributed by atoms with Crippen LogP contribution in [0.15, 0.2) is 0 Å². The van der Waals surface area contributed by atoms with Crippen LogP contribution in [-0.2, 0) is 14.4 Å². The van der Waals surface area contributed by atoms with E-state index in [-0.39, 0.29) is 24.0 Å². The van der Waals surface area contributed by atoms with E-state index in [0.717, 1.165) is 0 Å². The van der Waals surface area contributed by atoms with Gasteiger partial charge in [0.1, 0.15) is 5.78 Å². The smallest absolute Gasteiger partial charge is 0.306 e. The van der Waals surface area contributed by atoms with Crippen molar-refractivity contribution in [1.29, 1.82) is 0 Å². The molecule has 1 amide bonds. The molecule has 5 nitrogen and oxygen atoms in total. The van der Waals surface area contributed by atoms with Gasteiger partial charge in [-0.2, -0.15) is 0 Å². The number of carboxylic acids is 1. The standard InChI is InChI=1S/C10H15NO4/c1-7(12)6-9(13)11-4-2-8(3-5-11)10(14)15/h8H,2-6H2,1H3,(H,14,15). The second kappa shape index (κ2) is 4.91. The van der Waals surface area contributed by atoms with Gasteiger partial charge in [-0.25, -0.2) is 0 Å². The number of carboxylic acid groups (broad SMARTS) is 1. The first kappa shape index (κ1) is 11.7. The fourth-order valence-electron chi connectivity index (χ4n) is 1.70. The Balaban J connectivity index is 2.40. The first-order chi connectivity index (χ1) is 7.00. The average Bonchev–Trinajstić information content (AvgIpc) is 2.17. The highest BCUT2D eigenvalue weighted by Gasteiger charge is 2.26. The highest BCUT2D eigenvalue weighted by atomic mass is 16.4. The molecule has 1 aliphatic heterocycles. The summed E-state index contributed by atoms with van der Waals surface area (Å²) in [7, 11) is 0. The van der Waals surface area contributed by atoms with Crippen LogP contribution in [-0.4, -0.2) is 40.8 Å². The molecule has 0 unspecified atom stereocenters. The van der Waals surface area contributed by atoms with Crippen LogP contribution in [0, 0.1) is 5.92 Å². The van der Waals surface area contributed by atoms with Gasteiger partial charge in [0.25, 0.3) is 0 Å². The third-order valence-electron chi connectivity index (χ3n) is 2.60. The Morgan fingerprint density at radius 3 is 2.20 bits per heavy atom. The molecule has 0 saturated carbocycles. The molecule has 0 aromatic carbocycles. The van der Waals surface area contributed by atoms with E-state index in [9.17, 15) is 14.4 Å². The van der Waals surface area contributed by atoms with Crippen molar-refractivity contribution in [3.05, 3.63) is 0 Å². The number of ketones is 1. The largest absolute Gasteiger partial charge is 0.481 e. The zero-order valence-electron chi connectivity index (χ0n) is 8.73. The Morgan fingerprint density at radius 1 is 1.27 bits per heavy atom. The molecule has 1 N–H and O–H groups in total. The summed E-state index contributed by atoms with van der Waals surface area (Å²) in [5.74, 6) is -1.48. The second-order valence-electron chi connectivity index (χ2n) is 3.87. The molecular formula is C10H15NO4. The van der Waals surface area contributed by atoms with Crippen molar-refractivity contribution >= 4 is 17.7 Å².